The van der Waals surface area contributed by atoms with Gasteiger partial charge in [0.2, 0.25) is 5.60 Å². The summed E-state index contributed by atoms with van der Waals surface area (Å²) in [6.07, 6.45) is 31.7. The molecular weight excluding hydrogens is 555 g/mol. The van der Waals surface area contributed by atoms with Gasteiger partial charge in [-0.05, 0) is 57.0 Å². The molecule has 0 radical (unpaired) electrons. The molecule has 4 atom stereocenters. The lowest BCUT2D eigenvalue weighted by Crippen LogP contribution is -2.57. The van der Waals surface area contributed by atoms with Gasteiger partial charge in [-0.1, -0.05) is 135 Å². The van der Waals surface area contributed by atoms with Gasteiger partial charge in [-0.3, -0.25) is 9.59 Å². The number of carbonyl (C=O) groups excluding carboxylic acids is 2. The lowest BCUT2D eigenvalue weighted by atomic mass is 9.82. The zero-order valence-corrected chi connectivity index (χ0v) is 29.5. The van der Waals surface area contributed by atoms with E-state index >= 15 is 0 Å². The second-order valence-corrected chi connectivity index (χ2v) is 13.9. The molecule has 5 nitrogen and oxygen atoms in total. The van der Waals surface area contributed by atoms with Crippen molar-refractivity contribution in [3.05, 3.63) is 12.2 Å². The Kier molecular flexibility index (Phi) is 29.6. The largest absolute Gasteiger partial charge is 0.394 e. The molecule has 0 aromatic carbocycles. The molecule has 0 fully saturated rings. The summed E-state index contributed by atoms with van der Waals surface area (Å²) in [6.45, 7) is 3.68. The van der Waals surface area contributed by atoms with Crippen LogP contribution >= 0.6 is 9.24 Å². The molecule has 3 N–H and O–H groups in total. The molecule has 0 heterocycles. The highest BCUT2D eigenvalue weighted by Crippen LogP contribution is 2.22. The SMILES string of the molecule is CCCCCCCCCCCCCCCC(=O)C(O)(C(=O)CCCCCCCC=CCCCCC(P)CCC)C(O)CO. The third-order valence-corrected chi connectivity index (χ3v) is 9.48. The minimum absolute atomic E-state index is 0.0488. The predicted molar refractivity (Wildman–Crippen MR) is 187 cm³/mol. The lowest BCUT2D eigenvalue weighted by Gasteiger charge is -2.29. The number of hydrogen-bond donors (Lipinski definition) is 3. The number of ketones is 2. The van der Waals surface area contributed by atoms with Crippen LogP contribution in [0.3, 0.4) is 0 Å². The summed E-state index contributed by atoms with van der Waals surface area (Å²) in [5.74, 6) is -1.30. The number of Topliss-reactive ketones (excluding diaryl/α,β-unsaturated/α-hetero) is 2. The molecule has 43 heavy (non-hydrogen) atoms. The Morgan fingerprint density at radius 1 is 0.605 bits per heavy atom. The van der Waals surface area contributed by atoms with Crippen LogP contribution in [0, 0.1) is 0 Å². The summed E-state index contributed by atoms with van der Waals surface area (Å²) < 4.78 is 0. The fourth-order valence-electron chi connectivity index (χ4n) is 5.84. The van der Waals surface area contributed by atoms with Gasteiger partial charge in [-0.25, -0.2) is 0 Å². The quantitative estimate of drug-likeness (QED) is 0.0292. The van der Waals surface area contributed by atoms with Crippen molar-refractivity contribution in [2.75, 3.05) is 6.61 Å². The van der Waals surface area contributed by atoms with Crippen LogP contribution in [0.2, 0.25) is 0 Å². The second-order valence-electron chi connectivity index (χ2n) is 12.9. The highest BCUT2D eigenvalue weighted by molar-refractivity contribution is 7.17. The molecule has 0 rings (SSSR count). The minimum Gasteiger partial charge on any atom is -0.394 e. The van der Waals surface area contributed by atoms with Crippen LogP contribution in [0.25, 0.3) is 0 Å². The average molecular weight is 627 g/mol. The lowest BCUT2D eigenvalue weighted by molar-refractivity contribution is -0.166. The zero-order chi connectivity index (χ0) is 32.0. The normalized spacial score (nSPS) is 14.7. The first kappa shape index (κ1) is 42.4. The number of hydrogen-bond acceptors (Lipinski definition) is 5. The van der Waals surface area contributed by atoms with E-state index in [9.17, 15) is 24.9 Å². The van der Waals surface area contributed by atoms with Crippen molar-refractivity contribution in [3.8, 4) is 0 Å². The number of aliphatic hydroxyl groups excluding tert-OH is 2. The van der Waals surface area contributed by atoms with Crippen LogP contribution in [0.15, 0.2) is 12.2 Å². The van der Waals surface area contributed by atoms with E-state index < -0.39 is 29.9 Å². The molecule has 0 aliphatic heterocycles. The number of carbonyl (C=O) groups is 2. The second kappa shape index (κ2) is 30.1. The fraction of sp³-hybridized carbons (Fsp3) is 0.892. The van der Waals surface area contributed by atoms with E-state index in [-0.39, 0.29) is 12.8 Å². The third kappa shape index (κ3) is 22.5. The summed E-state index contributed by atoms with van der Waals surface area (Å²) in [4.78, 5) is 25.7. The highest BCUT2D eigenvalue weighted by atomic mass is 31.0. The third-order valence-electron chi connectivity index (χ3n) is 8.81. The Hall–Kier alpha value is -0.610. The summed E-state index contributed by atoms with van der Waals surface area (Å²) in [5.41, 5.74) is -1.71. The van der Waals surface area contributed by atoms with E-state index in [1.807, 2.05) is 0 Å². The minimum atomic E-state index is -2.48. The van der Waals surface area contributed by atoms with Gasteiger partial charge in [0, 0.05) is 12.8 Å². The first-order chi connectivity index (χ1) is 20.8. The van der Waals surface area contributed by atoms with E-state index in [1.165, 1.54) is 89.9 Å². The van der Waals surface area contributed by atoms with Crippen molar-refractivity contribution in [1.29, 1.82) is 0 Å². The first-order valence-electron chi connectivity index (χ1n) is 18.3. The van der Waals surface area contributed by atoms with Crippen molar-refractivity contribution in [2.24, 2.45) is 0 Å². The first-order valence-corrected chi connectivity index (χ1v) is 19.0. The molecule has 254 valence electrons. The van der Waals surface area contributed by atoms with Crippen molar-refractivity contribution in [3.63, 3.8) is 0 Å². The Balaban J connectivity index is 4.02. The van der Waals surface area contributed by atoms with Crippen molar-refractivity contribution < 1.29 is 24.9 Å². The molecule has 0 aromatic heterocycles. The number of allylic oxidation sites excluding steroid dienone is 2. The Bertz CT molecular complexity index is 682. The molecule has 0 saturated heterocycles. The van der Waals surface area contributed by atoms with Crippen LogP contribution in [-0.4, -0.2) is 50.9 Å². The summed E-state index contributed by atoms with van der Waals surface area (Å²) in [6, 6.07) is 0. The maximum atomic E-state index is 12.8. The molecule has 0 amide bonds. The Morgan fingerprint density at radius 3 is 1.42 bits per heavy atom. The molecule has 0 aliphatic rings. The summed E-state index contributed by atoms with van der Waals surface area (Å²) >= 11 is 0. The molecule has 0 spiro atoms. The maximum Gasteiger partial charge on any atom is 0.209 e. The molecule has 0 aliphatic carbocycles. The van der Waals surface area contributed by atoms with Gasteiger partial charge in [0.1, 0.15) is 6.10 Å². The molecule has 6 heteroatoms. The highest BCUT2D eigenvalue weighted by Gasteiger charge is 2.48. The number of aliphatic hydroxyl groups is 3. The molecule has 0 aromatic rings. The zero-order valence-electron chi connectivity index (χ0n) is 28.3. The van der Waals surface area contributed by atoms with Gasteiger partial charge in [-0.2, -0.15) is 0 Å². The van der Waals surface area contributed by atoms with Gasteiger partial charge < -0.3 is 15.3 Å². The van der Waals surface area contributed by atoms with E-state index in [1.54, 1.807) is 0 Å². The van der Waals surface area contributed by atoms with E-state index in [0.29, 0.717) is 12.8 Å². The van der Waals surface area contributed by atoms with Crippen molar-refractivity contribution in [2.45, 2.75) is 205 Å². The van der Waals surface area contributed by atoms with E-state index in [2.05, 4.69) is 35.2 Å². The van der Waals surface area contributed by atoms with Gasteiger partial charge in [0.25, 0.3) is 0 Å². The molecule has 0 saturated carbocycles. The Labute approximate surface area is 268 Å². The standard InChI is InChI=1S/C37H71O5P/c1-3-5-6-7-8-9-10-11-14-17-20-23-26-30-34(39)37(42,36(41)32-38)35(40)31-27-24-21-18-15-12-13-16-19-22-25-29-33(43)28-4-2/h13,16,33,36,38,41-42H,3-12,14-15,17-32,43H2,1-2H3. The molecule has 0 bridgehead atoms. The average Bonchev–Trinajstić information content (AvgIpc) is 3.00. The van der Waals surface area contributed by atoms with Crippen LogP contribution < -0.4 is 0 Å². The van der Waals surface area contributed by atoms with Crippen LogP contribution in [0.1, 0.15) is 187 Å². The summed E-state index contributed by atoms with van der Waals surface area (Å²) in [7, 11) is 2.97. The van der Waals surface area contributed by atoms with Crippen LogP contribution in [0.4, 0.5) is 0 Å². The van der Waals surface area contributed by atoms with Gasteiger partial charge in [0.05, 0.1) is 6.61 Å². The van der Waals surface area contributed by atoms with Gasteiger partial charge >= 0.3 is 0 Å². The van der Waals surface area contributed by atoms with Crippen molar-refractivity contribution in [1.82, 2.24) is 0 Å². The Morgan fingerprint density at radius 2 is 1.00 bits per heavy atom. The number of unbranched alkanes of at least 4 members (excludes halogenated alkanes) is 19. The predicted octanol–water partition coefficient (Wildman–Crippen LogP) is 9.58. The fourth-order valence-corrected chi connectivity index (χ4v) is 6.41. The topological polar surface area (TPSA) is 94.8 Å². The molecule has 4 unspecified atom stereocenters. The van der Waals surface area contributed by atoms with Crippen LogP contribution in [0.5, 0.6) is 0 Å². The number of rotatable bonds is 33. The van der Waals surface area contributed by atoms with Gasteiger partial charge in [0.15, 0.2) is 11.6 Å². The van der Waals surface area contributed by atoms with Gasteiger partial charge in [-0.15, -0.1) is 9.24 Å². The smallest absolute Gasteiger partial charge is 0.209 e. The van der Waals surface area contributed by atoms with Crippen molar-refractivity contribution >= 4 is 20.8 Å². The van der Waals surface area contributed by atoms with E-state index in [4.69, 9.17) is 0 Å². The summed E-state index contributed by atoms with van der Waals surface area (Å²) in [5, 5.41) is 30.6. The monoisotopic (exact) mass is 627 g/mol. The molecular formula is C37H71O5P. The van der Waals surface area contributed by atoms with Crippen LogP contribution in [-0.2, 0) is 9.59 Å². The van der Waals surface area contributed by atoms with E-state index in [0.717, 1.165) is 63.4 Å². The maximum absolute atomic E-state index is 12.8.